The summed E-state index contributed by atoms with van der Waals surface area (Å²) in [5.74, 6) is 0.720. The Balaban J connectivity index is 1.41. The van der Waals surface area contributed by atoms with Crippen molar-refractivity contribution in [1.29, 1.82) is 0 Å². The molecular formula is C25H38FN3. The monoisotopic (exact) mass is 399 g/mol. The Kier molecular flexibility index (Phi) is 6.04. The Hall–Kier alpha value is -1.39. The van der Waals surface area contributed by atoms with Crippen molar-refractivity contribution in [3.8, 4) is 0 Å². The van der Waals surface area contributed by atoms with Gasteiger partial charge in [0.05, 0.1) is 0 Å². The molecule has 1 aliphatic carbocycles. The molecule has 0 amide bonds. The second kappa shape index (κ2) is 8.39. The number of nitrogens with two attached hydrogens (primary N) is 1. The number of likely N-dealkylation sites (tertiary alicyclic amines) is 1. The zero-order chi connectivity index (χ0) is 20.6. The Morgan fingerprint density at radius 2 is 1.69 bits per heavy atom. The normalized spacial score (nSPS) is 25.0. The van der Waals surface area contributed by atoms with Crippen LogP contribution in [0.25, 0.3) is 10.9 Å². The molecule has 2 aromatic rings. The van der Waals surface area contributed by atoms with Crippen molar-refractivity contribution in [2.75, 3.05) is 19.6 Å². The number of aromatic nitrogens is 1. The van der Waals surface area contributed by atoms with Crippen LogP contribution in [0.2, 0.25) is 0 Å². The molecule has 4 rings (SSSR count). The molecule has 1 aliphatic heterocycles. The van der Waals surface area contributed by atoms with Crippen LogP contribution in [0.4, 0.5) is 4.39 Å². The van der Waals surface area contributed by atoms with Gasteiger partial charge in [-0.25, -0.2) is 4.39 Å². The fourth-order valence-corrected chi connectivity index (χ4v) is 5.79. The minimum Gasteiger partial charge on any atom is -0.344 e. The Morgan fingerprint density at radius 1 is 1.00 bits per heavy atom. The van der Waals surface area contributed by atoms with Gasteiger partial charge in [-0.1, -0.05) is 20.8 Å². The Labute approximate surface area is 175 Å². The molecule has 2 heterocycles. The number of hydrogen-bond donors (Lipinski definition) is 1. The van der Waals surface area contributed by atoms with Crippen LogP contribution in [0.5, 0.6) is 0 Å². The van der Waals surface area contributed by atoms with Crippen LogP contribution in [-0.4, -0.2) is 35.1 Å². The predicted molar refractivity (Wildman–Crippen MR) is 120 cm³/mol. The van der Waals surface area contributed by atoms with E-state index in [4.69, 9.17) is 5.73 Å². The second-order valence-corrected chi connectivity index (χ2v) is 10.4. The highest BCUT2D eigenvalue weighted by Crippen LogP contribution is 2.40. The average Bonchev–Trinajstić information content (AvgIpc) is 3.05. The van der Waals surface area contributed by atoms with Crippen LogP contribution < -0.4 is 5.73 Å². The molecule has 0 unspecified atom stereocenters. The molecule has 0 radical (unpaired) electrons. The van der Waals surface area contributed by atoms with Gasteiger partial charge in [-0.2, -0.15) is 0 Å². The lowest BCUT2D eigenvalue weighted by molar-refractivity contribution is 0.0723. The van der Waals surface area contributed by atoms with Crippen LogP contribution in [0.1, 0.15) is 70.9 Å². The standard InChI is InChI=1S/C25H38FN3/c1-25(2,3)19-4-7-21(8-5-19)28-14-11-22(12-15-28)29-17-18(10-13-27)23-16-20(26)6-9-24(23)29/h6,9,16-17,19,21-22H,4-5,7-8,10-15,27H2,1-3H3. The van der Waals surface area contributed by atoms with Crippen molar-refractivity contribution in [2.45, 2.75) is 77.8 Å². The first-order valence-electron chi connectivity index (χ1n) is 11.6. The summed E-state index contributed by atoms with van der Waals surface area (Å²) in [7, 11) is 0. The highest BCUT2D eigenvalue weighted by molar-refractivity contribution is 5.84. The van der Waals surface area contributed by atoms with Gasteiger partial charge in [-0.05, 0) is 86.6 Å². The zero-order valence-corrected chi connectivity index (χ0v) is 18.5. The molecule has 2 fully saturated rings. The van der Waals surface area contributed by atoms with Crippen LogP contribution in [-0.2, 0) is 6.42 Å². The van der Waals surface area contributed by atoms with Crippen LogP contribution in [0.3, 0.4) is 0 Å². The van der Waals surface area contributed by atoms with E-state index in [1.807, 2.05) is 6.07 Å². The van der Waals surface area contributed by atoms with E-state index in [1.165, 1.54) is 62.7 Å². The molecule has 4 heteroatoms. The van der Waals surface area contributed by atoms with Crippen molar-refractivity contribution in [1.82, 2.24) is 9.47 Å². The lowest BCUT2D eigenvalue weighted by atomic mass is 9.71. The van der Waals surface area contributed by atoms with Crippen LogP contribution >= 0.6 is 0 Å². The third-order valence-corrected chi connectivity index (χ3v) is 7.62. The van der Waals surface area contributed by atoms with Gasteiger partial charge < -0.3 is 15.2 Å². The first-order valence-corrected chi connectivity index (χ1v) is 11.6. The summed E-state index contributed by atoms with van der Waals surface area (Å²) >= 11 is 0. The van der Waals surface area contributed by atoms with E-state index in [0.29, 0.717) is 18.0 Å². The van der Waals surface area contributed by atoms with E-state index >= 15 is 0 Å². The van der Waals surface area contributed by atoms with Gasteiger partial charge in [0, 0.05) is 42.3 Å². The minimum absolute atomic E-state index is 0.158. The quantitative estimate of drug-likeness (QED) is 0.734. The maximum absolute atomic E-state index is 13.8. The molecule has 0 bridgehead atoms. The Morgan fingerprint density at radius 3 is 2.31 bits per heavy atom. The lowest BCUT2D eigenvalue weighted by Gasteiger charge is -2.43. The van der Waals surface area contributed by atoms with E-state index in [-0.39, 0.29) is 5.82 Å². The van der Waals surface area contributed by atoms with Crippen molar-refractivity contribution < 1.29 is 4.39 Å². The van der Waals surface area contributed by atoms with Gasteiger partial charge in [0.15, 0.2) is 0 Å². The summed E-state index contributed by atoms with van der Waals surface area (Å²) in [6.07, 6.45) is 10.9. The van der Waals surface area contributed by atoms with E-state index in [9.17, 15) is 4.39 Å². The van der Waals surface area contributed by atoms with E-state index < -0.39 is 0 Å². The fraction of sp³-hybridized carbons (Fsp3) is 0.680. The van der Waals surface area contributed by atoms with Gasteiger partial charge in [-0.3, -0.25) is 0 Å². The summed E-state index contributed by atoms with van der Waals surface area (Å²) in [6, 6.07) is 6.51. The van der Waals surface area contributed by atoms with E-state index in [1.54, 1.807) is 12.1 Å². The van der Waals surface area contributed by atoms with Gasteiger partial charge in [-0.15, -0.1) is 0 Å². The number of piperidine rings is 1. The number of hydrogen-bond acceptors (Lipinski definition) is 2. The molecule has 0 spiro atoms. The van der Waals surface area contributed by atoms with E-state index in [0.717, 1.165) is 23.8 Å². The maximum atomic E-state index is 13.8. The number of benzene rings is 1. The highest BCUT2D eigenvalue weighted by atomic mass is 19.1. The number of halogens is 1. The smallest absolute Gasteiger partial charge is 0.123 e. The molecule has 2 N–H and O–H groups in total. The van der Waals surface area contributed by atoms with Gasteiger partial charge in [0.25, 0.3) is 0 Å². The van der Waals surface area contributed by atoms with Crippen molar-refractivity contribution >= 4 is 10.9 Å². The molecule has 1 saturated carbocycles. The molecule has 1 aromatic heterocycles. The number of nitrogens with zero attached hydrogens (tertiary/aromatic N) is 2. The average molecular weight is 400 g/mol. The molecule has 0 atom stereocenters. The molecule has 29 heavy (non-hydrogen) atoms. The maximum Gasteiger partial charge on any atom is 0.123 e. The molecule has 1 saturated heterocycles. The lowest BCUT2D eigenvalue weighted by Crippen LogP contribution is -2.44. The van der Waals surface area contributed by atoms with Crippen LogP contribution in [0, 0.1) is 17.2 Å². The molecule has 2 aliphatic rings. The number of rotatable bonds is 4. The van der Waals surface area contributed by atoms with Gasteiger partial charge in [0.1, 0.15) is 5.82 Å². The summed E-state index contributed by atoms with van der Waals surface area (Å²) < 4.78 is 16.2. The third-order valence-electron chi connectivity index (χ3n) is 7.62. The van der Waals surface area contributed by atoms with Crippen molar-refractivity contribution in [3.63, 3.8) is 0 Å². The largest absolute Gasteiger partial charge is 0.344 e. The second-order valence-electron chi connectivity index (χ2n) is 10.4. The SMILES string of the molecule is CC(C)(C)C1CCC(N2CCC(n3cc(CCN)c4cc(F)ccc43)CC2)CC1. The van der Waals surface area contributed by atoms with Gasteiger partial charge in [0.2, 0.25) is 0 Å². The topological polar surface area (TPSA) is 34.2 Å². The molecule has 3 nitrogen and oxygen atoms in total. The van der Waals surface area contributed by atoms with E-state index in [2.05, 4.69) is 36.4 Å². The van der Waals surface area contributed by atoms with Crippen molar-refractivity contribution in [3.05, 3.63) is 35.8 Å². The molecular weight excluding hydrogens is 361 g/mol. The first-order chi connectivity index (χ1) is 13.9. The summed E-state index contributed by atoms with van der Waals surface area (Å²) in [5, 5.41) is 1.04. The fourth-order valence-electron chi connectivity index (χ4n) is 5.79. The Bertz CT molecular complexity index is 818. The van der Waals surface area contributed by atoms with Gasteiger partial charge >= 0.3 is 0 Å². The molecule has 1 aromatic carbocycles. The summed E-state index contributed by atoms with van der Waals surface area (Å²) in [5.41, 5.74) is 8.61. The first kappa shape index (κ1) is 20.9. The number of fused-ring (bicyclic) bond motifs is 1. The zero-order valence-electron chi connectivity index (χ0n) is 18.5. The highest BCUT2D eigenvalue weighted by Gasteiger charge is 2.33. The third kappa shape index (κ3) is 4.39. The molecule has 160 valence electrons. The van der Waals surface area contributed by atoms with Crippen LogP contribution in [0.15, 0.2) is 24.4 Å². The summed E-state index contributed by atoms with van der Waals surface area (Å²) in [4.78, 5) is 2.75. The minimum atomic E-state index is -0.158. The summed E-state index contributed by atoms with van der Waals surface area (Å²) in [6.45, 7) is 10.2. The van der Waals surface area contributed by atoms with Crippen molar-refractivity contribution in [2.24, 2.45) is 17.1 Å². The predicted octanol–water partition coefficient (Wildman–Crippen LogP) is 5.52.